The summed E-state index contributed by atoms with van der Waals surface area (Å²) >= 11 is 3.61. The van der Waals surface area contributed by atoms with Crippen molar-refractivity contribution in [1.29, 1.82) is 0 Å². The second-order valence-corrected chi connectivity index (χ2v) is 5.70. The van der Waals surface area contributed by atoms with Gasteiger partial charge in [-0.05, 0) is 19.6 Å². The van der Waals surface area contributed by atoms with Crippen molar-refractivity contribution in [2.75, 3.05) is 23.5 Å². The van der Waals surface area contributed by atoms with Crippen LogP contribution in [0.4, 0.5) is 5.13 Å². The first-order valence-corrected chi connectivity index (χ1v) is 6.73. The van der Waals surface area contributed by atoms with E-state index in [0.29, 0.717) is 6.04 Å². The van der Waals surface area contributed by atoms with E-state index in [2.05, 4.69) is 36.0 Å². The molecule has 0 fully saturated rings. The smallest absolute Gasteiger partial charge is 0.208 e. The van der Waals surface area contributed by atoms with Gasteiger partial charge in [-0.3, -0.25) is 0 Å². The molecule has 1 unspecified atom stereocenters. The van der Waals surface area contributed by atoms with E-state index in [0.717, 1.165) is 15.9 Å². The van der Waals surface area contributed by atoms with Gasteiger partial charge < -0.3 is 4.90 Å². The maximum atomic E-state index is 4.13. The first kappa shape index (κ1) is 11.8. The predicted molar refractivity (Wildman–Crippen MR) is 65.5 cm³/mol. The van der Waals surface area contributed by atoms with Crippen LogP contribution in [0.1, 0.15) is 18.9 Å². The third-order valence-electron chi connectivity index (χ3n) is 2.04. The van der Waals surface area contributed by atoms with Crippen molar-refractivity contribution in [2.24, 2.45) is 0 Å². The van der Waals surface area contributed by atoms with Crippen LogP contribution in [0, 0.1) is 6.92 Å². The quantitative estimate of drug-likeness (QED) is 0.778. The molecule has 0 bridgehead atoms. The van der Waals surface area contributed by atoms with E-state index < -0.39 is 0 Å². The molecule has 3 nitrogen and oxygen atoms in total. The minimum Gasteiger partial charge on any atom is -0.346 e. The molecule has 14 heavy (non-hydrogen) atoms. The zero-order valence-electron chi connectivity index (χ0n) is 9.15. The zero-order chi connectivity index (χ0) is 10.6. The molecule has 5 heteroatoms. The maximum absolute atomic E-state index is 4.13. The van der Waals surface area contributed by atoms with E-state index >= 15 is 0 Å². The first-order chi connectivity index (χ1) is 6.65. The van der Waals surface area contributed by atoms with Crippen LogP contribution >= 0.6 is 23.1 Å². The van der Waals surface area contributed by atoms with Gasteiger partial charge >= 0.3 is 0 Å². The number of aryl methyl sites for hydroxylation is 1. The fourth-order valence-electron chi connectivity index (χ4n) is 1.02. The number of aromatic nitrogens is 2. The number of thioether (sulfide) groups is 1. The molecule has 0 radical (unpaired) electrons. The highest BCUT2D eigenvalue weighted by Crippen LogP contribution is 2.21. The normalized spacial score (nSPS) is 12.9. The molecule has 0 spiro atoms. The fraction of sp³-hybridized carbons (Fsp3) is 0.778. The minimum atomic E-state index is 0.521. The van der Waals surface area contributed by atoms with Gasteiger partial charge in [0.05, 0.1) is 0 Å². The van der Waals surface area contributed by atoms with Gasteiger partial charge in [-0.15, -0.1) is 10.2 Å². The highest BCUT2D eigenvalue weighted by Gasteiger charge is 2.13. The average Bonchev–Trinajstić information content (AvgIpc) is 2.60. The third kappa shape index (κ3) is 3.13. The molecule has 1 atom stereocenters. The van der Waals surface area contributed by atoms with Crippen LogP contribution in [-0.2, 0) is 0 Å². The monoisotopic (exact) mass is 231 g/mol. The maximum Gasteiger partial charge on any atom is 0.208 e. The SMILES string of the molecule is CCSCC(C)N(C)c1nnc(C)s1. The Kier molecular flexibility index (Phi) is 4.68. The summed E-state index contributed by atoms with van der Waals surface area (Å²) in [5, 5.41) is 10.2. The Balaban J connectivity index is 2.51. The molecular formula is C9H17N3S2. The molecule has 1 aromatic rings. The lowest BCUT2D eigenvalue weighted by molar-refractivity contribution is 0.755. The lowest BCUT2D eigenvalue weighted by Gasteiger charge is -2.23. The van der Waals surface area contributed by atoms with Crippen LogP contribution < -0.4 is 4.90 Å². The van der Waals surface area contributed by atoms with Crippen molar-refractivity contribution < 1.29 is 0 Å². The lowest BCUT2D eigenvalue weighted by Crippen LogP contribution is -2.30. The van der Waals surface area contributed by atoms with Crippen molar-refractivity contribution in [3.8, 4) is 0 Å². The van der Waals surface area contributed by atoms with Crippen LogP contribution in [0.25, 0.3) is 0 Å². The van der Waals surface area contributed by atoms with Crippen molar-refractivity contribution in [2.45, 2.75) is 26.8 Å². The van der Waals surface area contributed by atoms with E-state index in [1.165, 1.54) is 5.75 Å². The van der Waals surface area contributed by atoms with Gasteiger partial charge in [0.1, 0.15) is 5.01 Å². The van der Waals surface area contributed by atoms with E-state index in [1.807, 2.05) is 18.7 Å². The van der Waals surface area contributed by atoms with Gasteiger partial charge in [-0.2, -0.15) is 11.8 Å². The average molecular weight is 231 g/mol. The van der Waals surface area contributed by atoms with E-state index in [4.69, 9.17) is 0 Å². The Bertz CT molecular complexity index is 275. The van der Waals surface area contributed by atoms with Crippen LogP contribution in [-0.4, -0.2) is 34.8 Å². The number of hydrogen-bond donors (Lipinski definition) is 0. The summed E-state index contributed by atoms with van der Waals surface area (Å²) in [6, 6.07) is 0.521. The molecule has 0 amide bonds. The summed E-state index contributed by atoms with van der Waals surface area (Å²) < 4.78 is 0. The van der Waals surface area contributed by atoms with E-state index in [-0.39, 0.29) is 0 Å². The molecule has 0 N–H and O–H groups in total. The molecule has 0 aromatic carbocycles. The third-order valence-corrected chi connectivity index (χ3v) is 4.10. The molecule has 0 aliphatic carbocycles. The number of nitrogens with zero attached hydrogens (tertiary/aromatic N) is 3. The van der Waals surface area contributed by atoms with Gasteiger partial charge in [-0.1, -0.05) is 18.3 Å². The summed E-state index contributed by atoms with van der Waals surface area (Å²) in [6.07, 6.45) is 0. The second kappa shape index (κ2) is 5.56. The van der Waals surface area contributed by atoms with Gasteiger partial charge in [-0.25, -0.2) is 0 Å². The summed E-state index contributed by atoms with van der Waals surface area (Å²) in [5.41, 5.74) is 0. The van der Waals surface area contributed by atoms with Crippen LogP contribution in [0.5, 0.6) is 0 Å². The summed E-state index contributed by atoms with van der Waals surface area (Å²) in [7, 11) is 2.08. The molecule has 0 aliphatic rings. The van der Waals surface area contributed by atoms with Crippen LogP contribution in [0.2, 0.25) is 0 Å². The summed E-state index contributed by atoms with van der Waals surface area (Å²) in [6.45, 7) is 6.40. The van der Waals surface area contributed by atoms with E-state index in [9.17, 15) is 0 Å². The molecule has 0 saturated heterocycles. The molecule has 1 rings (SSSR count). The van der Waals surface area contributed by atoms with Crippen molar-refractivity contribution in [3.05, 3.63) is 5.01 Å². The van der Waals surface area contributed by atoms with Crippen LogP contribution in [0.3, 0.4) is 0 Å². The molecule has 1 aromatic heterocycles. The standard InChI is InChI=1S/C9H17N3S2/c1-5-13-6-7(2)12(4)9-11-10-8(3)14-9/h7H,5-6H2,1-4H3. The Morgan fingerprint density at radius 1 is 1.50 bits per heavy atom. The fourth-order valence-corrected chi connectivity index (χ4v) is 2.57. The molecule has 0 aliphatic heterocycles. The van der Waals surface area contributed by atoms with Crippen molar-refractivity contribution >= 4 is 28.2 Å². The highest BCUT2D eigenvalue weighted by atomic mass is 32.2. The van der Waals surface area contributed by atoms with Gasteiger partial charge in [0.2, 0.25) is 5.13 Å². The molecular weight excluding hydrogens is 214 g/mol. The molecule has 1 heterocycles. The predicted octanol–water partition coefficient (Wildman–Crippen LogP) is 2.42. The Hall–Kier alpha value is -0.290. The van der Waals surface area contributed by atoms with Crippen molar-refractivity contribution in [1.82, 2.24) is 10.2 Å². The van der Waals surface area contributed by atoms with Crippen molar-refractivity contribution in [3.63, 3.8) is 0 Å². The Morgan fingerprint density at radius 2 is 2.21 bits per heavy atom. The number of hydrogen-bond acceptors (Lipinski definition) is 5. The minimum absolute atomic E-state index is 0.521. The molecule has 80 valence electrons. The van der Waals surface area contributed by atoms with Gasteiger partial charge in [0.25, 0.3) is 0 Å². The largest absolute Gasteiger partial charge is 0.346 e. The van der Waals surface area contributed by atoms with Crippen LogP contribution in [0.15, 0.2) is 0 Å². The first-order valence-electron chi connectivity index (χ1n) is 4.75. The van der Waals surface area contributed by atoms with E-state index in [1.54, 1.807) is 11.3 Å². The Labute approximate surface area is 93.9 Å². The number of anilines is 1. The second-order valence-electron chi connectivity index (χ2n) is 3.22. The lowest BCUT2D eigenvalue weighted by atomic mass is 10.4. The summed E-state index contributed by atoms with van der Waals surface area (Å²) in [5.74, 6) is 2.32. The topological polar surface area (TPSA) is 29.0 Å². The number of rotatable bonds is 5. The molecule has 0 saturated carbocycles. The summed E-state index contributed by atoms with van der Waals surface area (Å²) in [4.78, 5) is 2.20. The van der Waals surface area contributed by atoms with Gasteiger partial charge in [0, 0.05) is 18.8 Å². The van der Waals surface area contributed by atoms with Gasteiger partial charge in [0.15, 0.2) is 0 Å². The highest BCUT2D eigenvalue weighted by molar-refractivity contribution is 7.99. The zero-order valence-corrected chi connectivity index (χ0v) is 10.8. The Morgan fingerprint density at radius 3 is 2.71 bits per heavy atom.